The van der Waals surface area contributed by atoms with Gasteiger partial charge in [-0.1, -0.05) is 12.2 Å². The van der Waals surface area contributed by atoms with Gasteiger partial charge in [-0.05, 0) is 0 Å². The molecule has 0 aliphatic carbocycles. The zero-order valence-corrected chi connectivity index (χ0v) is 7.44. The fraction of sp³-hybridized carbons (Fsp3) is 0.714. The van der Waals surface area contributed by atoms with Crippen molar-refractivity contribution in [3.05, 3.63) is 7.05 Å². The Bertz CT molecular complexity index is 141. The van der Waals surface area contributed by atoms with E-state index in [1.807, 2.05) is 0 Å². The van der Waals surface area contributed by atoms with E-state index >= 15 is 0 Å². The summed E-state index contributed by atoms with van der Waals surface area (Å²) in [5.74, 6) is 0. The van der Waals surface area contributed by atoms with E-state index in [9.17, 15) is 0 Å². The van der Waals surface area contributed by atoms with Gasteiger partial charge in [0.2, 0.25) is 0 Å². The molecule has 0 saturated carbocycles. The number of hydrogen-bond donors (Lipinski definition) is 1. The van der Waals surface area contributed by atoms with Crippen LogP contribution < -0.4 is 5.73 Å². The van der Waals surface area contributed by atoms with Gasteiger partial charge in [-0.25, -0.2) is 0 Å². The summed E-state index contributed by atoms with van der Waals surface area (Å²) in [6, 6.07) is 0. The van der Waals surface area contributed by atoms with Crippen molar-refractivity contribution >= 4 is 17.2 Å². The first-order valence-electron chi connectivity index (χ1n) is 3.74. The summed E-state index contributed by atoms with van der Waals surface area (Å²) in [4.78, 5) is 4.91. The van der Waals surface area contributed by atoms with Gasteiger partial charge in [0.25, 0.3) is 0 Å². The second-order valence-electron chi connectivity index (χ2n) is 2.86. The monoisotopic (exact) mass is 172 g/mol. The van der Waals surface area contributed by atoms with Crippen molar-refractivity contribution < 1.29 is 0 Å². The van der Waals surface area contributed by atoms with E-state index in [4.69, 9.17) is 18.0 Å². The Morgan fingerprint density at radius 1 is 1.36 bits per heavy atom. The van der Waals surface area contributed by atoms with Gasteiger partial charge < -0.3 is 5.73 Å². The van der Waals surface area contributed by atoms with Crippen molar-refractivity contribution in [1.29, 1.82) is 0 Å². The highest BCUT2D eigenvalue weighted by atomic mass is 32.1. The smallest absolute Gasteiger partial charge is 0.0870 e. The highest BCUT2D eigenvalue weighted by molar-refractivity contribution is 7.80. The summed E-state index contributed by atoms with van der Waals surface area (Å²) in [5, 5.41) is 0. The molecule has 0 bridgehead atoms. The molecule has 11 heavy (non-hydrogen) atoms. The maximum atomic E-state index is 5.42. The second kappa shape index (κ2) is 3.99. The quantitative estimate of drug-likeness (QED) is 0.579. The molecule has 0 aromatic carbocycles. The maximum Gasteiger partial charge on any atom is 0.0870 e. The average Bonchev–Trinajstić information content (AvgIpc) is 1.93. The molecule has 0 atom stereocenters. The van der Waals surface area contributed by atoms with Crippen LogP contribution in [0.4, 0.5) is 0 Å². The van der Waals surface area contributed by atoms with Gasteiger partial charge >= 0.3 is 0 Å². The molecule has 4 heteroatoms. The van der Waals surface area contributed by atoms with E-state index in [1.165, 1.54) is 0 Å². The van der Waals surface area contributed by atoms with Crippen LogP contribution in [-0.2, 0) is 0 Å². The Hall–Kier alpha value is -0.190. The van der Waals surface area contributed by atoms with Crippen LogP contribution in [-0.4, -0.2) is 47.5 Å². The first kappa shape index (κ1) is 8.90. The molecule has 1 fully saturated rings. The van der Waals surface area contributed by atoms with Gasteiger partial charge in [0.15, 0.2) is 0 Å². The van der Waals surface area contributed by atoms with E-state index in [1.54, 1.807) is 0 Å². The molecule has 0 unspecified atom stereocenters. The van der Waals surface area contributed by atoms with Crippen molar-refractivity contribution in [3.8, 4) is 0 Å². The summed E-state index contributed by atoms with van der Waals surface area (Å²) in [7, 11) is 3.85. The average molecular weight is 172 g/mol. The highest BCUT2D eigenvalue weighted by Crippen LogP contribution is 1.98. The molecule has 0 aromatic rings. The van der Waals surface area contributed by atoms with Crippen LogP contribution in [0, 0.1) is 7.05 Å². The van der Waals surface area contributed by atoms with Crippen LogP contribution in [0.3, 0.4) is 0 Å². The van der Waals surface area contributed by atoms with Gasteiger partial charge in [0.1, 0.15) is 0 Å². The van der Waals surface area contributed by atoms with Crippen molar-refractivity contribution in [2.24, 2.45) is 5.73 Å². The van der Waals surface area contributed by atoms with Crippen molar-refractivity contribution in [2.75, 3.05) is 32.7 Å². The third kappa shape index (κ3) is 3.14. The zero-order chi connectivity index (χ0) is 8.27. The SMILES string of the molecule is [CH2]N1CCN(CC(N)=S)CC1. The Morgan fingerprint density at radius 3 is 2.36 bits per heavy atom. The van der Waals surface area contributed by atoms with Crippen LogP contribution >= 0.6 is 12.2 Å². The third-order valence-corrected chi connectivity index (χ3v) is 1.97. The Balaban J connectivity index is 2.22. The predicted octanol–water partition coefficient (Wildman–Crippen LogP) is -0.318. The van der Waals surface area contributed by atoms with Gasteiger partial charge in [0, 0.05) is 39.8 Å². The summed E-state index contributed by atoms with van der Waals surface area (Å²) < 4.78 is 0. The predicted molar refractivity (Wildman–Crippen MR) is 50.2 cm³/mol. The molecule has 0 amide bonds. The van der Waals surface area contributed by atoms with Gasteiger partial charge in [-0.15, -0.1) is 0 Å². The standard InChI is InChI=1S/C7H14N3S/c1-9-2-4-10(5-3-9)6-7(8)11/h1-6H2,(H2,8,11). The van der Waals surface area contributed by atoms with E-state index in [-0.39, 0.29) is 0 Å². The Labute approximate surface area is 73.1 Å². The van der Waals surface area contributed by atoms with Crippen LogP contribution in [0.5, 0.6) is 0 Å². The minimum absolute atomic E-state index is 0.586. The second-order valence-corrected chi connectivity index (χ2v) is 3.38. The lowest BCUT2D eigenvalue weighted by Crippen LogP contribution is -2.46. The molecule has 1 saturated heterocycles. The third-order valence-electron chi connectivity index (χ3n) is 1.84. The summed E-state index contributed by atoms with van der Waals surface area (Å²) in [6.07, 6.45) is 0. The lowest BCUT2D eigenvalue weighted by atomic mass is 10.3. The van der Waals surface area contributed by atoms with Gasteiger partial charge in [-0.2, -0.15) is 0 Å². The zero-order valence-electron chi connectivity index (χ0n) is 6.62. The van der Waals surface area contributed by atoms with E-state index in [2.05, 4.69) is 16.8 Å². The number of rotatable bonds is 2. The molecule has 1 rings (SSSR count). The molecule has 3 nitrogen and oxygen atoms in total. The van der Waals surface area contributed by atoms with Crippen LogP contribution in [0.25, 0.3) is 0 Å². The lowest BCUT2D eigenvalue weighted by Gasteiger charge is -2.31. The number of hydrogen-bond acceptors (Lipinski definition) is 3. The minimum Gasteiger partial charge on any atom is -0.392 e. The number of nitrogens with zero attached hydrogens (tertiary/aromatic N) is 2. The fourth-order valence-corrected chi connectivity index (χ4v) is 1.35. The molecular formula is C7H14N3S. The maximum absolute atomic E-state index is 5.42. The molecular weight excluding hydrogens is 158 g/mol. The Morgan fingerprint density at radius 2 is 1.91 bits per heavy atom. The topological polar surface area (TPSA) is 32.5 Å². The first-order chi connectivity index (χ1) is 5.18. The number of thiocarbonyl (C=S) groups is 1. The van der Waals surface area contributed by atoms with Crippen molar-refractivity contribution in [3.63, 3.8) is 0 Å². The molecule has 1 radical (unpaired) electrons. The Kier molecular flexibility index (Phi) is 3.23. The van der Waals surface area contributed by atoms with Crippen molar-refractivity contribution in [2.45, 2.75) is 0 Å². The molecule has 0 aromatic heterocycles. The van der Waals surface area contributed by atoms with Crippen molar-refractivity contribution in [1.82, 2.24) is 9.80 Å². The normalized spacial score (nSPS) is 21.9. The minimum atomic E-state index is 0.586. The summed E-state index contributed by atoms with van der Waals surface area (Å²) >= 11 is 4.81. The summed E-state index contributed by atoms with van der Waals surface area (Å²) in [6.45, 7) is 4.84. The molecule has 2 N–H and O–H groups in total. The first-order valence-corrected chi connectivity index (χ1v) is 4.15. The summed E-state index contributed by atoms with van der Waals surface area (Å²) in [5.41, 5.74) is 5.42. The van der Waals surface area contributed by atoms with E-state index in [0.717, 1.165) is 32.7 Å². The van der Waals surface area contributed by atoms with Crippen LogP contribution in [0.15, 0.2) is 0 Å². The molecule has 1 aliphatic heterocycles. The fourth-order valence-electron chi connectivity index (χ4n) is 1.17. The van der Waals surface area contributed by atoms with E-state index < -0.39 is 0 Å². The molecule has 0 spiro atoms. The highest BCUT2D eigenvalue weighted by Gasteiger charge is 2.13. The van der Waals surface area contributed by atoms with Crippen LogP contribution in [0.1, 0.15) is 0 Å². The largest absolute Gasteiger partial charge is 0.392 e. The van der Waals surface area contributed by atoms with Gasteiger partial charge in [0.05, 0.1) is 4.99 Å². The van der Waals surface area contributed by atoms with Crippen LogP contribution in [0.2, 0.25) is 0 Å². The molecule has 1 aliphatic rings. The van der Waals surface area contributed by atoms with Gasteiger partial charge in [-0.3, -0.25) is 9.80 Å². The number of nitrogens with two attached hydrogens (primary N) is 1. The molecule has 1 heterocycles. The lowest BCUT2D eigenvalue weighted by molar-refractivity contribution is 0.185. The van der Waals surface area contributed by atoms with E-state index in [0.29, 0.717) is 4.99 Å². The molecule has 63 valence electrons. The number of piperazine rings is 1.